The minimum Gasteiger partial charge on any atom is -0.369 e. The standard InChI is InChI=1S/C15H24N4O2/c1-11(2)8-19(9-14(17)20)10-15(21)18-13-6-4-3-5-12(13)7-16/h3-6,11H,7-10,16H2,1-2H3,(H2,17,20)(H,18,21). The first-order valence-corrected chi connectivity index (χ1v) is 7.00. The lowest BCUT2D eigenvalue weighted by molar-refractivity contribution is -0.121. The van der Waals surface area contributed by atoms with Gasteiger partial charge in [-0.05, 0) is 17.5 Å². The summed E-state index contributed by atoms with van der Waals surface area (Å²) in [4.78, 5) is 24.9. The molecule has 0 aliphatic carbocycles. The van der Waals surface area contributed by atoms with E-state index in [1.807, 2.05) is 32.0 Å². The smallest absolute Gasteiger partial charge is 0.238 e. The maximum atomic E-state index is 12.1. The van der Waals surface area contributed by atoms with E-state index in [4.69, 9.17) is 11.5 Å². The summed E-state index contributed by atoms with van der Waals surface area (Å²) in [5, 5.41) is 2.83. The number of rotatable bonds is 8. The van der Waals surface area contributed by atoms with Gasteiger partial charge in [-0.15, -0.1) is 0 Å². The van der Waals surface area contributed by atoms with Gasteiger partial charge in [-0.3, -0.25) is 14.5 Å². The van der Waals surface area contributed by atoms with Crippen LogP contribution in [0.25, 0.3) is 0 Å². The molecule has 0 aromatic heterocycles. The molecule has 2 amide bonds. The zero-order valence-electron chi connectivity index (χ0n) is 12.6. The Labute approximate surface area is 125 Å². The molecule has 116 valence electrons. The second-order valence-electron chi connectivity index (χ2n) is 5.44. The summed E-state index contributed by atoms with van der Waals surface area (Å²) in [5.74, 6) is -0.280. The summed E-state index contributed by atoms with van der Waals surface area (Å²) in [5.41, 5.74) is 12.4. The Morgan fingerprint density at radius 2 is 1.90 bits per heavy atom. The van der Waals surface area contributed by atoms with Crippen LogP contribution in [0.4, 0.5) is 5.69 Å². The van der Waals surface area contributed by atoms with Crippen LogP contribution < -0.4 is 16.8 Å². The van der Waals surface area contributed by atoms with E-state index in [-0.39, 0.29) is 19.0 Å². The quantitative estimate of drug-likeness (QED) is 0.650. The molecule has 1 aromatic carbocycles. The highest BCUT2D eigenvalue weighted by Crippen LogP contribution is 2.14. The summed E-state index contributed by atoms with van der Waals surface area (Å²) < 4.78 is 0. The van der Waals surface area contributed by atoms with Crippen molar-refractivity contribution in [1.82, 2.24) is 4.90 Å². The fourth-order valence-electron chi connectivity index (χ4n) is 2.13. The molecule has 6 heteroatoms. The highest BCUT2D eigenvalue weighted by atomic mass is 16.2. The lowest BCUT2D eigenvalue weighted by Crippen LogP contribution is -2.41. The van der Waals surface area contributed by atoms with E-state index in [0.717, 1.165) is 5.56 Å². The highest BCUT2D eigenvalue weighted by molar-refractivity contribution is 5.93. The van der Waals surface area contributed by atoms with Gasteiger partial charge in [-0.25, -0.2) is 0 Å². The third kappa shape index (κ3) is 6.37. The van der Waals surface area contributed by atoms with E-state index in [9.17, 15) is 9.59 Å². The Morgan fingerprint density at radius 1 is 1.24 bits per heavy atom. The number of amides is 2. The van der Waals surface area contributed by atoms with Gasteiger partial charge in [0.1, 0.15) is 0 Å². The van der Waals surface area contributed by atoms with Gasteiger partial charge in [-0.1, -0.05) is 32.0 Å². The Morgan fingerprint density at radius 3 is 2.48 bits per heavy atom. The summed E-state index contributed by atoms with van der Waals surface area (Å²) in [6.45, 7) is 5.23. The lowest BCUT2D eigenvalue weighted by Gasteiger charge is -2.22. The van der Waals surface area contributed by atoms with E-state index in [2.05, 4.69) is 5.32 Å². The Kier molecular flexibility index (Phi) is 6.84. The van der Waals surface area contributed by atoms with Crippen LogP contribution in [0.5, 0.6) is 0 Å². The van der Waals surface area contributed by atoms with Crippen molar-refractivity contribution < 1.29 is 9.59 Å². The predicted octanol–water partition coefficient (Wildman–Crippen LogP) is 0.527. The molecule has 0 unspecified atom stereocenters. The van der Waals surface area contributed by atoms with Gasteiger partial charge in [0.25, 0.3) is 0 Å². The molecule has 0 saturated heterocycles. The van der Waals surface area contributed by atoms with Crippen molar-refractivity contribution in [3.63, 3.8) is 0 Å². The van der Waals surface area contributed by atoms with Gasteiger partial charge in [0, 0.05) is 18.8 Å². The Bertz CT molecular complexity index is 488. The maximum absolute atomic E-state index is 12.1. The van der Waals surface area contributed by atoms with Gasteiger partial charge in [-0.2, -0.15) is 0 Å². The lowest BCUT2D eigenvalue weighted by atomic mass is 10.1. The molecule has 0 aliphatic rings. The number of carbonyl (C=O) groups excluding carboxylic acids is 2. The molecule has 1 rings (SSSR count). The number of primary amides is 1. The Balaban J connectivity index is 2.66. The van der Waals surface area contributed by atoms with Crippen molar-refractivity contribution >= 4 is 17.5 Å². The number of para-hydroxylation sites is 1. The molecule has 0 spiro atoms. The first kappa shape index (κ1) is 17.1. The van der Waals surface area contributed by atoms with Crippen molar-refractivity contribution in [2.75, 3.05) is 25.0 Å². The molecule has 0 aliphatic heterocycles. The van der Waals surface area contributed by atoms with Gasteiger partial charge in [0.15, 0.2) is 0 Å². The van der Waals surface area contributed by atoms with Crippen LogP contribution in [0, 0.1) is 5.92 Å². The van der Waals surface area contributed by atoms with E-state index < -0.39 is 5.91 Å². The second-order valence-corrected chi connectivity index (χ2v) is 5.44. The van der Waals surface area contributed by atoms with Crippen LogP contribution in [0.2, 0.25) is 0 Å². The zero-order valence-corrected chi connectivity index (χ0v) is 12.6. The first-order valence-electron chi connectivity index (χ1n) is 7.00. The van der Waals surface area contributed by atoms with Crippen LogP contribution in [0.1, 0.15) is 19.4 Å². The monoisotopic (exact) mass is 292 g/mol. The van der Waals surface area contributed by atoms with Crippen LogP contribution in [0.15, 0.2) is 24.3 Å². The average Bonchev–Trinajstić information content (AvgIpc) is 2.37. The third-order valence-electron chi connectivity index (χ3n) is 2.88. The first-order chi connectivity index (χ1) is 9.92. The molecule has 0 heterocycles. The van der Waals surface area contributed by atoms with E-state index in [0.29, 0.717) is 24.7 Å². The molecule has 0 atom stereocenters. The van der Waals surface area contributed by atoms with Crippen LogP contribution in [-0.4, -0.2) is 36.3 Å². The number of anilines is 1. The second kappa shape index (κ2) is 8.39. The van der Waals surface area contributed by atoms with Gasteiger partial charge in [0.05, 0.1) is 13.1 Å². The number of benzene rings is 1. The average molecular weight is 292 g/mol. The molecule has 0 radical (unpaired) electrons. The summed E-state index contributed by atoms with van der Waals surface area (Å²) >= 11 is 0. The summed E-state index contributed by atoms with van der Waals surface area (Å²) in [6.07, 6.45) is 0. The minimum atomic E-state index is -0.439. The van der Waals surface area contributed by atoms with Crippen LogP contribution >= 0.6 is 0 Å². The van der Waals surface area contributed by atoms with Crippen molar-refractivity contribution in [2.45, 2.75) is 20.4 Å². The van der Waals surface area contributed by atoms with Crippen molar-refractivity contribution in [3.05, 3.63) is 29.8 Å². The maximum Gasteiger partial charge on any atom is 0.238 e. The van der Waals surface area contributed by atoms with Crippen LogP contribution in [-0.2, 0) is 16.1 Å². The topological polar surface area (TPSA) is 101 Å². The molecule has 21 heavy (non-hydrogen) atoms. The van der Waals surface area contributed by atoms with Crippen molar-refractivity contribution in [1.29, 1.82) is 0 Å². The molecular weight excluding hydrogens is 268 g/mol. The fraction of sp³-hybridized carbons (Fsp3) is 0.467. The molecule has 1 aromatic rings. The highest BCUT2D eigenvalue weighted by Gasteiger charge is 2.15. The number of nitrogens with one attached hydrogen (secondary N) is 1. The van der Waals surface area contributed by atoms with Crippen molar-refractivity contribution in [3.8, 4) is 0 Å². The largest absolute Gasteiger partial charge is 0.369 e. The number of hydrogen-bond donors (Lipinski definition) is 3. The van der Waals surface area contributed by atoms with E-state index >= 15 is 0 Å². The number of nitrogens with two attached hydrogens (primary N) is 2. The molecule has 6 nitrogen and oxygen atoms in total. The molecule has 0 fully saturated rings. The molecule has 0 saturated carbocycles. The normalized spacial score (nSPS) is 10.9. The van der Waals surface area contributed by atoms with Gasteiger partial charge < -0.3 is 16.8 Å². The molecule has 0 bridgehead atoms. The van der Waals surface area contributed by atoms with E-state index in [1.54, 1.807) is 11.0 Å². The summed E-state index contributed by atoms with van der Waals surface area (Å²) in [6, 6.07) is 7.38. The van der Waals surface area contributed by atoms with Crippen LogP contribution in [0.3, 0.4) is 0 Å². The number of carbonyl (C=O) groups is 2. The zero-order chi connectivity index (χ0) is 15.8. The van der Waals surface area contributed by atoms with Crippen molar-refractivity contribution in [2.24, 2.45) is 17.4 Å². The number of nitrogens with zero attached hydrogens (tertiary/aromatic N) is 1. The van der Waals surface area contributed by atoms with Gasteiger partial charge >= 0.3 is 0 Å². The SMILES string of the molecule is CC(C)CN(CC(N)=O)CC(=O)Nc1ccccc1CN. The fourth-order valence-corrected chi connectivity index (χ4v) is 2.13. The Hall–Kier alpha value is -1.92. The minimum absolute atomic E-state index is 0.0735. The predicted molar refractivity (Wildman–Crippen MR) is 83.4 cm³/mol. The number of hydrogen-bond acceptors (Lipinski definition) is 4. The summed E-state index contributed by atoms with van der Waals surface area (Å²) in [7, 11) is 0. The van der Waals surface area contributed by atoms with E-state index in [1.165, 1.54) is 0 Å². The molecule has 5 N–H and O–H groups in total. The molecular formula is C15H24N4O2. The third-order valence-corrected chi connectivity index (χ3v) is 2.88. The van der Waals surface area contributed by atoms with Gasteiger partial charge in [0.2, 0.25) is 11.8 Å².